The zero-order valence-corrected chi connectivity index (χ0v) is 13.9. The molecule has 0 saturated carbocycles. The van der Waals surface area contributed by atoms with E-state index in [4.69, 9.17) is 0 Å². The van der Waals surface area contributed by atoms with Crippen molar-refractivity contribution >= 4 is 21.8 Å². The van der Waals surface area contributed by atoms with Crippen molar-refractivity contribution in [2.45, 2.75) is 19.3 Å². The van der Waals surface area contributed by atoms with E-state index in [1.807, 2.05) is 13.8 Å². The number of rotatable bonds is 4. The van der Waals surface area contributed by atoms with Crippen LogP contribution in [0.3, 0.4) is 0 Å². The predicted octanol–water partition coefficient (Wildman–Crippen LogP) is 4.43. The highest BCUT2D eigenvalue weighted by Crippen LogP contribution is 2.25. The minimum absolute atomic E-state index is 0.212. The van der Waals surface area contributed by atoms with E-state index in [2.05, 4.69) is 21.2 Å². The van der Waals surface area contributed by atoms with Gasteiger partial charge in [0.1, 0.15) is 11.6 Å². The molecule has 0 aromatic heterocycles. The topological polar surface area (TPSA) is 29.1 Å². The fourth-order valence-corrected chi connectivity index (χ4v) is 2.60. The Morgan fingerprint density at radius 2 is 1.86 bits per heavy atom. The van der Waals surface area contributed by atoms with Gasteiger partial charge in [-0.05, 0) is 45.8 Å². The van der Waals surface area contributed by atoms with Crippen LogP contribution in [0.4, 0.5) is 8.78 Å². The molecule has 0 radical (unpaired) electrons. The van der Waals surface area contributed by atoms with E-state index in [-0.39, 0.29) is 17.9 Å². The van der Waals surface area contributed by atoms with Gasteiger partial charge in [0.15, 0.2) is 0 Å². The van der Waals surface area contributed by atoms with E-state index in [0.717, 1.165) is 6.07 Å². The standard InChI is InChI=1S/C17H16BrF2NO/c1-17(2,13-5-3-4-6-15(13)20)10-21-16(22)12-9-11(19)7-8-14(12)18/h3-9H,10H2,1-2H3,(H,21,22). The molecule has 0 aliphatic heterocycles. The van der Waals surface area contributed by atoms with Gasteiger partial charge in [0.25, 0.3) is 5.91 Å². The molecule has 2 nitrogen and oxygen atoms in total. The molecule has 5 heteroatoms. The van der Waals surface area contributed by atoms with Crippen LogP contribution in [0.25, 0.3) is 0 Å². The molecule has 2 rings (SSSR count). The summed E-state index contributed by atoms with van der Waals surface area (Å²) in [6, 6.07) is 10.4. The van der Waals surface area contributed by atoms with Crippen LogP contribution in [0.15, 0.2) is 46.9 Å². The van der Waals surface area contributed by atoms with Crippen LogP contribution < -0.4 is 5.32 Å². The molecule has 2 aromatic carbocycles. The minimum Gasteiger partial charge on any atom is -0.351 e. The lowest BCUT2D eigenvalue weighted by molar-refractivity contribution is 0.0944. The SMILES string of the molecule is CC(C)(CNC(=O)c1cc(F)ccc1Br)c1ccccc1F. The number of carbonyl (C=O) groups is 1. The van der Waals surface area contributed by atoms with E-state index in [9.17, 15) is 13.6 Å². The lowest BCUT2D eigenvalue weighted by atomic mass is 9.84. The van der Waals surface area contributed by atoms with Gasteiger partial charge in [-0.15, -0.1) is 0 Å². The van der Waals surface area contributed by atoms with Crippen molar-refractivity contribution < 1.29 is 13.6 Å². The third-order valence-electron chi connectivity index (χ3n) is 3.47. The van der Waals surface area contributed by atoms with Gasteiger partial charge in [0, 0.05) is 16.4 Å². The van der Waals surface area contributed by atoms with Crippen molar-refractivity contribution in [3.05, 3.63) is 69.7 Å². The monoisotopic (exact) mass is 367 g/mol. The summed E-state index contributed by atoms with van der Waals surface area (Å²) in [5, 5.41) is 2.73. The summed E-state index contributed by atoms with van der Waals surface area (Å²) in [4.78, 5) is 12.2. The van der Waals surface area contributed by atoms with Crippen molar-refractivity contribution in [2.24, 2.45) is 0 Å². The van der Waals surface area contributed by atoms with Crippen LogP contribution >= 0.6 is 15.9 Å². The van der Waals surface area contributed by atoms with Crippen LogP contribution in [0.2, 0.25) is 0 Å². The van der Waals surface area contributed by atoms with Gasteiger partial charge in [-0.25, -0.2) is 8.78 Å². The number of hydrogen-bond acceptors (Lipinski definition) is 1. The Kier molecular flexibility index (Phi) is 4.96. The van der Waals surface area contributed by atoms with E-state index >= 15 is 0 Å². The summed E-state index contributed by atoms with van der Waals surface area (Å²) < 4.78 is 27.6. The molecule has 116 valence electrons. The third-order valence-corrected chi connectivity index (χ3v) is 4.16. The molecule has 2 aromatic rings. The van der Waals surface area contributed by atoms with Crippen LogP contribution in [-0.4, -0.2) is 12.5 Å². The van der Waals surface area contributed by atoms with Crippen LogP contribution in [-0.2, 0) is 5.41 Å². The highest BCUT2D eigenvalue weighted by atomic mass is 79.9. The molecular weight excluding hydrogens is 352 g/mol. The smallest absolute Gasteiger partial charge is 0.252 e. The average Bonchev–Trinajstić information content (AvgIpc) is 2.47. The van der Waals surface area contributed by atoms with E-state index in [1.54, 1.807) is 18.2 Å². The molecule has 0 aliphatic rings. The summed E-state index contributed by atoms with van der Waals surface area (Å²) in [5.74, 6) is -1.20. The Morgan fingerprint density at radius 3 is 2.55 bits per heavy atom. The maximum absolute atomic E-state index is 13.9. The first-order valence-electron chi connectivity index (χ1n) is 6.79. The molecule has 0 spiro atoms. The molecule has 1 N–H and O–H groups in total. The molecular formula is C17H16BrF2NO. The largest absolute Gasteiger partial charge is 0.351 e. The Labute approximate surface area is 136 Å². The first-order valence-corrected chi connectivity index (χ1v) is 7.59. The molecule has 0 fully saturated rings. The van der Waals surface area contributed by atoms with Gasteiger partial charge in [-0.1, -0.05) is 32.0 Å². The lowest BCUT2D eigenvalue weighted by Gasteiger charge is -2.26. The zero-order valence-electron chi connectivity index (χ0n) is 12.3. The van der Waals surface area contributed by atoms with Crippen LogP contribution in [0.1, 0.15) is 29.8 Å². The minimum atomic E-state index is -0.583. The van der Waals surface area contributed by atoms with E-state index < -0.39 is 17.1 Å². The molecule has 0 bridgehead atoms. The van der Waals surface area contributed by atoms with Crippen LogP contribution in [0.5, 0.6) is 0 Å². The normalized spacial score (nSPS) is 11.3. The van der Waals surface area contributed by atoms with Gasteiger partial charge in [0.2, 0.25) is 0 Å². The van der Waals surface area contributed by atoms with E-state index in [0.29, 0.717) is 10.0 Å². The zero-order chi connectivity index (χ0) is 16.3. The molecule has 0 aliphatic carbocycles. The molecule has 0 atom stereocenters. The molecule has 0 heterocycles. The second-order valence-corrected chi connectivity index (χ2v) is 6.52. The fourth-order valence-electron chi connectivity index (χ4n) is 2.17. The Hall–Kier alpha value is -1.75. The highest BCUT2D eigenvalue weighted by Gasteiger charge is 2.25. The Balaban J connectivity index is 2.13. The number of amides is 1. The highest BCUT2D eigenvalue weighted by molar-refractivity contribution is 9.10. The number of nitrogens with one attached hydrogen (secondary N) is 1. The first kappa shape index (κ1) is 16.6. The number of benzene rings is 2. The average molecular weight is 368 g/mol. The van der Waals surface area contributed by atoms with Gasteiger partial charge in [-0.3, -0.25) is 4.79 Å². The van der Waals surface area contributed by atoms with Crippen molar-refractivity contribution in [2.75, 3.05) is 6.54 Å². The molecule has 0 saturated heterocycles. The summed E-state index contributed by atoms with van der Waals surface area (Å²) >= 11 is 3.22. The van der Waals surface area contributed by atoms with Crippen molar-refractivity contribution in [1.82, 2.24) is 5.32 Å². The second-order valence-electron chi connectivity index (χ2n) is 5.67. The van der Waals surface area contributed by atoms with Gasteiger partial charge in [-0.2, -0.15) is 0 Å². The number of hydrogen-bond donors (Lipinski definition) is 1. The predicted molar refractivity (Wildman–Crippen MR) is 85.9 cm³/mol. The summed E-state index contributed by atoms with van der Waals surface area (Å²) in [7, 11) is 0. The molecule has 22 heavy (non-hydrogen) atoms. The second kappa shape index (κ2) is 6.57. The summed E-state index contributed by atoms with van der Waals surface area (Å²) in [6.45, 7) is 3.91. The Bertz CT molecular complexity index is 701. The lowest BCUT2D eigenvalue weighted by Crippen LogP contribution is -2.37. The van der Waals surface area contributed by atoms with Gasteiger partial charge < -0.3 is 5.32 Å². The number of halogens is 3. The Morgan fingerprint density at radius 1 is 1.18 bits per heavy atom. The maximum Gasteiger partial charge on any atom is 0.252 e. The van der Waals surface area contributed by atoms with Crippen molar-refractivity contribution in [3.63, 3.8) is 0 Å². The first-order chi connectivity index (χ1) is 10.3. The van der Waals surface area contributed by atoms with E-state index in [1.165, 1.54) is 18.2 Å². The summed E-state index contributed by atoms with van der Waals surface area (Å²) in [6.07, 6.45) is 0. The summed E-state index contributed by atoms with van der Waals surface area (Å²) in [5.41, 5.74) is 0.152. The van der Waals surface area contributed by atoms with Gasteiger partial charge >= 0.3 is 0 Å². The van der Waals surface area contributed by atoms with Crippen molar-refractivity contribution in [1.29, 1.82) is 0 Å². The quantitative estimate of drug-likeness (QED) is 0.850. The van der Waals surface area contributed by atoms with Gasteiger partial charge in [0.05, 0.1) is 5.56 Å². The third kappa shape index (κ3) is 3.71. The van der Waals surface area contributed by atoms with Crippen molar-refractivity contribution in [3.8, 4) is 0 Å². The maximum atomic E-state index is 13.9. The number of carbonyl (C=O) groups excluding carboxylic acids is 1. The molecule has 0 unspecified atom stereocenters. The van der Waals surface area contributed by atoms with Crippen LogP contribution in [0, 0.1) is 11.6 Å². The molecule has 1 amide bonds. The fraction of sp³-hybridized carbons (Fsp3) is 0.235.